The van der Waals surface area contributed by atoms with E-state index in [1.165, 1.54) is 6.07 Å². The zero-order valence-electron chi connectivity index (χ0n) is 10.0. The molecule has 0 saturated carbocycles. The molecule has 0 aliphatic rings. The summed E-state index contributed by atoms with van der Waals surface area (Å²) >= 11 is 3.36. The number of carboxylic acid groups (broad SMARTS) is 1. The number of carbonyl (C=O) groups is 1. The van der Waals surface area contributed by atoms with Crippen LogP contribution < -0.4 is 0 Å². The van der Waals surface area contributed by atoms with Crippen molar-refractivity contribution in [3.63, 3.8) is 0 Å². The molecule has 3 N–H and O–H groups in total. The molecule has 0 aliphatic heterocycles. The Kier molecular flexibility index (Phi) is 5.98. The van der Waals surface area contributed by atoms with Gasteiger partial charge >= 0.3 is 5.97 Å². The van der Waals surface area contributed by atoms with Crippen molar-refractivity contribution in [2.75, 3.05) is 5.33 Å². The molecule has 0 radical (unpaired) electrons. The molecular formula is C13H17BrO4. The van der Waals surface area contributed by atoms with Gasteiger partial charge in [0.25, 0.3) is 0 Å². The van der Waals surface area contributed by atoms with Crippen molar-refractivity contribution in [1.29, 1.82) is 0 Å². The number of aryl methyl sites for hydroxylation is 1. The zero-order chi connectivity index (χ0) is 13.5. The summed E-state index contributed by atoms with van der Waals surface area (Å²) in [6, 6.07) is 2.89. The third-order valence-corrected chi connectivity index (χ3v) is 3.35. The molecule has 1 rings (SSSR count). The first-order valence-electron chi connectivity index (χ1n) is 5.91. The number of alkyl halides is 1. The number of phenolic OH excluding ortho intramolecular Hbond substituents is 1. The fourth-order valence-electron chi connectivity index (χ4n) is 1.83. The average Bonchev–Trinajstić information content (AvgIpc) is 2.33. The highest BCUT2D eigenvalue weighted by Gasteiger charge is 2.18. The minimum atomic E-state index is -1.21. The van der Waals surface area contributed by atoms with E-state index in [0.717, 1.165) is 31.0 Å². The normalized spacial score (nSPS) is 10.5. The molecule has 0 saturated heterocycles. The van der Waals surface area contributed by atoms with Gasteiger partial charge in [0.05, 0.1) is 0 Å². The van der Waals surface area contributed by atoms with E-state index >= 15 is 0 Å². The Balaban J connectivity index is 2.70. The Morgan fingerprint density at radius 3 is 2.39 bits per heavy atom. The molecule has 0 spiro atoms. The molecule has 0 heterocycles. The minimum Gasteiger partial charge on any atom is -0.504 e. The summed E-state index contributed by atoms with van der Waals surface area (Å²) in [6.07, 6.45) is 4.69. The van der Waals surface area contributed by atoms with Crippen molar-refractivity contribution >= 4 is 21.9 Å². The number of aromatic hydroxyl groups is 2. The quantitative estimate of drug-likeness (QED) is 0.410. The van der Waals surface area contributed by atoms with Gasteiger partial charge in [0, 0.05) is 5.33 Å². The number of benzene rings is 1. The average molecular weight is 317 g/mol. The molecular weight excluding hydrogens is 300 g/mol. The van der Waals surface area contributed by atoms with Crippen LogP contribution in [0.4, 0.5) is 0 Å². The van der Waals surface area contributed by atoms with Gasteiger partial charge in [0.1, 0.15) is 5.56 Å². The smallest absolute Gasteiger partial charge is 0.339 e. The van der Waals surface area contributed by atoms with Gasteiger partial charge in [-0.3, -0.25) is 0 Å². The summed E-state index contributed by atoms with van der Waals surface area (Å²) in [4.78, 5) is 11.1. The van der Waals surface area contributed by atoms with E-state index in [2.05, 4.69) is 15.9 Å². The van der Waals surface area contributed by atoms with E-state index in [9.17, 15) is 15.0 Å². The minimum absolute atomic E-state index is 0.185. The van der Waals surface area contributed by atoms with Gasteiger partial charge in [0.15, 0.2) is 11.5 Å². The molecule has 0 amide bonds. The molecule has 0 fully saturated rings. The first-order chi connectivity index (χ1) is 8.57. The van der Waals surface area contributed by atoms with Crippen LogP contribution in [0.2, 0.25) is 0 Å². The van der Waals surface area contributed by atoms with Crippen molar-refractivity contribution in [3.8, 4) is 11.5 Å². The summed E-state index contributed by atoms with van der Waals surface area (Å²) in [6.45, 7) is 0. The summed E-state index contributed by atoms with van der Waals surface area (Å²) < 4.78 is 0. The first-order valence-corrected chi connectivity index (χ1v) is 7.03. The van der Waals surface area contributed by atoms with Crippen LogP contribution in [0, 0.1) is 0 Å². The number of halogens is 1. The maximum Gasteiger partial charge on any atom is 0.339 e. The number of aromatic carboxylic acids is 1. The number of unbranched alkanes of at least 4 members (excludes halogenated alkanes) is 3. The molecule has 18 heavy (non-hydrogen) atoms. The van der Waals surface area contributed by atoms with Gasteiger partial charge in [-0.25, -0.2) is 4.79 Å². The van der Waals surface area contributed by atoms with Crippen LogP contribution in [0.3, 0.4) is 0 Å². The number of phenols is 2. The second-order valence-electron chi connectivity index (χ2n) is 4.13. The van der Waals surface area contributed by atoms with E-state index < -0.39 is 17.5 Å². The lowest BCUT2D eigenvalue weighted by atomic mass is 9.99. The third kappa shape index (κ3) is 3.91. The first kappa shape index (κ1) is 14.8. The molecule has 1 aromatic carbocycles. The predicted octanol–water partition coefficient (Wildman–Crippen LogP) is 3.29. The number of hydrogen-bond acceptors (Lipinski definition) is 3. The van der Waals surface area contributed by atoms with E-state index in [1.807, 2.05) is 0 Å². The second kappa shape index (κ2) is 7.26. The van der Waals surface area contributed by atoms with Crippen LogP contribution in [0.1, 0.15) is 41.6 Å². The van der Waals surface area contributed by atoms with Crippen molar-refractivity contribution in [3.05, 3.63) is 23.3 Å². The van der Waals surface area contributed by atoms with Gasteiger partial charge in [-0.15, -0.1) is 0 Å². The number of carboxylic acids is 1. The lowest BCUT2D eigenvalue weighted by molar-refractivity contribution is 0.0691. The van der Waals surface area contributed by atoms with Gasteiger partial charge in [-0.2, -0.15) is 0 Å². The molecule has 100 valence electrons. The molecule has 0 bridgehead atoms. The third-order valence-electron chi connectivity index (χ3n) is 2.79. The monoisotopic (exact) mass is 316 g/mol. The topological polar surface area (TPSA) is 77.8 Å². The Hall–Kier alpha value is -1.23. The van der Waals surface area contributed by atoms with Crippen LogP contribution in [0.15, 0.2) is 12.1 Å². The molecule has 0 atom stereocenters. The Bertz CT molecular complexity index is 418. The van der Waals surface area contributed by atoms with Gasteiger partial charge in [0.2, 0.25) is 0 Å². The summed E-state index contributed by atoms with van der Waals surface area (Å²) in [5.41, 5.74) is 0.382. The molecule has 5 heteroatoms. The molecule has 0 aromatic heterocycles. The standard InChI is InChI=1S/C13H17BrO4/c14-8-4-2-1-3-5-9-6-7-10(15)12(16)11(9)13(17)18/h6-7,15-16H,1-5,8H2,(H,17,18). The summed E-state index contributed by atoms with van der Waals surface area (Å²) in [5, 5.41) is 28.9. The molecule has 1 aromatic rings. The number of rotatable bonds is 7. The van der Waals surface area contributed by atoms with Gasteiger partial charge in [-0.05, 0) is 30.9 Å². The van der Waals surface area contributed by atoms with Crippen molar-refractivity contribution in [2.45, 2.75) is 32.1 Å². The molecule has 4 nitrogen and oxygen atoms in total. The highest BCUT2D eigenvalue weighted by atomic mass is 79.9. The lowest BCUT2D eigenvalue weighted by Crippen LogP contribution is -2.03. The summed E-state index contributed by atoms with van der Waals surface area (Å²) in [5.74, 6) is -2.14. The van der Waals surface area contributed by atoms with Gasteiger partial charge in [-0.1, -0.05) is 34.8 Å². The predicted molar refractivity (Wildman–Crippen MR) is 72.7 cm³/mol. The zero-order valence-corrected chi connectivity index (χ0v) is 11.6. The van der Waals surface area contributed by atoms with E-state index in [0.29, 0.717) is 12.0 Å². The van der Waals surface area contributed by atoms with Crippen LogP contribution in [0.25, 0.3) is 0 Å². The lowest BCUT2D eigenvalue weighted by Gasteiger charge is -2.09. The van der Waals surface area contributed by atoms with Crippen molar-refractivity contribution in [2.24, 2.45) is 0 Å². The van der Waals surface area contributed by atoms with E-state index in [4.69, 9.17) is 5.11 Å². The fourth-order valence-corrected chi connectivity index (χ4v) is 2.23. The van der Waals surface area contributed by atoms with Crippen LogP contribution >= 0.6 is 15.9 Å². The van der Waals surface area contributed by atoms with E-state index in [1.54, 1.807) is 6.07 Å². The SMILES string of the molecule is O=C(O)c1c(CCCCCCBr)ccc(O)c1O. The largest absolute Gasteiger partial charge is 0.504 e. The Labute approximate surface area is 114 Å². The molecule has 0 unspecified atom stereocenters. The highest BCUT2D eigenvalue weighted by Crippen LogP contribution is 2.32. The second-order valence-corrected chi connectivity index (χ2v) is 4.92. The summed E-state index contributed by atoms with van der Waals surface area (Å²) in [7, 11) is 0. The van der Waals surface area contributed by atoms with Crippen LogP contribution in [-0.2, 0) is 6.42 Å². The van der Waals surface area contributed by atoms with Crippen molar-refractivity contribution < 1.29 is 20.1 Å². The molecule has 0 aliphatic carbocycles. The highest BCUT2D eigenvalue weighted by molar-refractivity contribution is 9.09. The van der Waals surface area contributed by atoms with Gasteiger partial charge < -0.3 is 15.3 Å². The Morgan fingerprint density at radius 2 is 1.78 bits per heavy atom. The van der Waals surface area contributed by atoms with Crippen LogP contribution in [0.5, 0.6) is 11.5 Å². The Morgan fingerprint density at radius 1 is 1.11 bits per heavy atom. The fraction of sp³-hybridized carbons (Fsp3) is 0.462. The maximum atomic E-state index is 11.1. The van der Waals surface area contributed by atoms with Crippen molar-refractivity contribution in [1.82, 2.24) is 0 Å². The van der Waals surface area contributed by atoms with E-state index in [-0.39, 0.29) is 5.56 Å². The number of hydrogen-bond donors (Lipinski definition) is 3. The van der Waals surface area contributed by atoms with Crippen LogP contribution in [-0.4, -0.2) is 26.6 Å². The maximum absolute atomic E-state index is 11.1.